The maximum Gasteiger partial charge on any atom is 0.305 e. The molecule has 0 radical (unpaired) electrons. The molecule has 0 spiro atoms. The van der Waals surface area contributed by atoms with Crippen molar-refractivity contribution in [3.05, 3.63) is 72.3 Å². The Morgan fingerprint density at radius 1 is 1.02 bits per heavy atom. The number of fused-ring (bicyclic) bond motifs is 2. The van der Waals surface area contributed by atoms with Crippen molar-refractivity contribution in [1.29, 1.82) is 0 Å². The third kappa shape index (κ3) is 6.56. The van der Waals surface area contributed by atoms with Crippen LogP contribution in [0.4, 0.5) is 11.4 Å². The van der Waals surface area contributed by atoms with Crippen molar-refractivity contribution < 1.29 is 38.6 Å². The number of nitrogens with zero attached hydrogens (tertiary/aromatic N) is 2. The normalized spacial score (nSPS) is 15.4. The Bertz CT molecular complexity index is 1500. The molecule has 0 fully saturated rings. The van der Waals surface area contributed by atoms with E-state index in [0.717, 1.165) is 10.3 Å². The fourth-order valence-electron chi connectivity index (χ4n) is 4.67. The number of amides is 4. The van der Waals surface area contributed by atoms with Crippen molar-refractivity contribution in [1.82, 2.24) is 10.6 Å². The summed E-state index contributed by atoms with van der Waals surface area (Å²) in [4.78, 5) is 78.2. The number of benzene rings is 3. The predicted molar refractivity (Wildman–Crippen MR) is 148 cm³/mol. The second-order valence-electron chi connectivity index (χ2n) is 9.31. The number of aliphatic carboxylic acids is 1. The van der Waals surface area contributed by atoms with Gasteiger partial charge in [-0.25, -0.2) is 0 Å². The van der Waals surface area contributed by atoms with E-state index < -0.39 is 54.6 Å². The lowest BCUT2D eigenvalue weighted by Gasteiger charge is -2.25. The van der Waals surface area contributed by atoms with Gasteiger partial charge in [-0.05, 0) is 29.0 Å². The van der Waals surface area contributed by atoms with Crippen molar-refractivity contribution in [3.63, 3.8) is 0 Å². The van der Waals surface area contributed by atoms with Gasteiger partial charge < -0.3 is 30.2 Å². The topological polar surface area (TPSA) is 162 Å². The van der Waals surface area contributed by atoms with Crippen LogP contribution >= 0.6 is 0 Å². The predicted octanol–water partition coefficient (Wildman–Crippen LogP) is 1.12. The molecule has 0 saturated carbocycles. The van der Waals surface area contributed by atoms with Crippen LogP contribution in [0, 0.1) is 0 Å². The van der Waals surface area contributed by atoms with Gasteiger partial charge in [0.05, 0.1) is 30.4 Å². The third-order valence-electron chi connectivity index (χ3n) is 6.51. The first-order valence-electron chi connectivity index (χ1n) is 12.7. The summed E-state index contributed by atoms with van der Waals surface area (Å²) in [6, 6.07) is 16.3. The first kappa shape index (κ1) is 28.9. The molecule has 1 heterocycles. The lowest BCUT2D eigenvalue weighted by molar-refractivity contribution is -0.139. The number of carbonyl (C=O) groups excluding carboxylic acids is 5. The highest BCUT2D eigenvalue weighted by Crippen LogP contribution is 2.33. The molecule has 3 N–H and O–H groups in total. The van der Waals surface area contributed by atoms with Gasteiger partial charge in [0.2, 0.25) is 5.91 Å². The average Bonchev–Trinajstić information content (AvgIpc) is 3.07. The second kappa shape index (κ2) is 12.8. The number of ether oxygens (including phenoxy) is 1. The van der Waals surface area contributed by atoms with E-state index in [0.29, 0.717) is 22.9 Å². The van der Waals surface area contributed by atoms with E-state index in [1.165, 1.54) is 18.1 Å². The first-order valence-corrected chi connectivity index (χ1v) is 12.7. The number of hydrogen-bond acceptors (Lipinski definition) is 7. The van der Waals surface area contributed by atoms with E-state index >= 15 is 0 Å². The number of carboxylic acid groups (broad SMARTS) is 1. The van der Waals surface area contributed by atoms with Gasteiger partial charge in [-0.2, -0.15) is 0 Å². The Labute approximate surface area is 234 Å². The molecule has 0 unspecified atom stereocenters. The Kier molecular flexibility index (Phi) is 9.05. The average molecular weight is 561 g/mol. The Balaban J connectivity index is 1.70. The molecule has 41 heavy (non-hydrogen) atoms. The molecule has 3 aromatic rings. The van der Waals surface area contributed by atoms with Crippen LogP contribution in [-0.4, -0.2) is 79.9 Å². The van der Waals surface area contributed by atoms with Gasteiger partial charge in [-0.1, -0.05) is 48.5 Å². The molecule has 0 aliphatic carbocycles. The largest absolute Gasteiger partial charge is 0.481 e. The standard InChI is InChI=1S/C29H28N4O8/c1-41-17-26(36)32-14-22(31-28(39)21-10-6-8-18-7-2-3-9-20(18)21)29(40)33(24-12-5-4-11-23(24)32)15-25(35)30-19(16-34)13-27(37)38/h2-12,16,19,22H,13-15,17H2,1H3,(H,30,35)(H,31,39)(H,37,38)/t19-,22-/m0/s1. The van der Waals surface area contributed by atoms with Crippen molar-refractivity contribution >= 4 is 58.0 Å². The van der Waals surface area contributed by atoms with Gasteiger partial charge in [0.15, 0.2) is 0 Å². The zero-order valence-corrected chi connectivity index (χ0v) is 22.1. The Morgan fingerprint density at radius 3 is 2.41 bits per heavy atom. The van der Waals surface area contributed by atoms with Gasteiger partial charge in [-0.3, -0.25) is 28.9 Å². The molecule has 0 bridgehead atoms. The number of nitrogens with one attached hydrogen (secondary N) is 2. The zero-order valence-electron chi connectivity index (χ0n) is 22.1. The first-order chi connectivity index (χ1) is 19.7. The summed E-state index contributed by atoms with van der Waals surface area (Å²) in [5.74, 6) is -3.82. The number of aldehydes is 1. The van der Waals surface area contributed by atoms with Gasteiger partial charge in [0, 0.05) is 12.7 Å². The third-order valence-corrected chi connectivity index (χ3v) is 6.51. The smallest absolute Gasteiger partial charge is 0.305 e. The van der Waals surface area contributed by atoms with E-state index in [1.54, 1.807) is 42.5 Å². The molecule has 12 nitrogen and oxygen atoms in total. The molecule has 1 aliphatic heterocycles. The van der Waals surface area contributed by atoms with E-state index in [-0.39, 0.29) is 18.8 Å². The van der Waals surface area contributed by atoms with Crippen LogP contribution < -0.4 is 20.4 Å². The molecule has 212 valence electrons. The maximum absolute atomic E-state index is 13.9. The van der Waals surface area contributed by atoms with Crippen LogP contribution in [0.15, 0.2) is 66.7 Å². The summed E-state index contributed by atoms with van der Waals surface area (Å²) in [5.41, 5.74) is 0.828. The molecule has 2 atom stereocenters. The van der Waals surface area contributed by atoms with Crippen LogP contribution in [0.5, 0.6) is 0 Å². The van der Waals surface area contributed by atoms with Crippen molar-refractivity contribution in [3.8, 4) is 0 Å². The summed E-state index contributed by atoms with van der Waals surface area (Å²) in [5, 5.41) is 15.5. The number of para-hydroxylation sites is 2. The maximum atomic E-state index is 13.9. The fourth-order valence-corrected chi connectivity index (χ4v) is 4.67. The molecule has 12 heteroatoms. The van der Waals surface area contributed by atoms with E-state index in [9.17, 15) is 28.8 Å². The van der Waals surface area contributed by atoms with E-state index in [4.69, 9.17) is 9.84 Å². The fraction of sp³-hybridized carbons (Fsp3) is 0.241. The molecule has 0 aromatic heterocycles. The molecule has 0 saturated heterocycles. The molecule has 3 aromatic carbocycles. The van der Waals surface area contributed by atoms with Crippen LogP contribution in [0.3, 0.4) is 0 Å². The van der Waals surface area contributed by atoms with Gasteiger partial charge in [0.1, 0.15) is 25.5 Å². The summed E-state index contributed by atoms with van der Waals surface area (Å²) in [7, 11) is 1.35. The monoisotopic (exact) mass is 560 g/mol. The quantitative estimate of drug-likeness (QED) is 0.311. The summed E-state index contributed by atoms with van der Waals surface area (Å²) < 4.78 is 5.03. The van der Waals surface area contributed by atoms with Gasteiger partial charge in [0.25, 0.3) is 17.7 Å². The number of carbonyl (C=O) groups is 6. The molecular weight excluding hydrogens is 532 g/mol. The second-order valence-corrected chi connectivity index (χ2v) is 9.31. The highest BCUT2D eigenvalue weighted by molar-refractivity contribution is 6.13. The molecule has 4 rings (SSSR count). The van der Waals surface area contributed by atoms with E-state index in [1.807, 2.05) is 18.2 Å². The number of carboxylic acids is 1. The highest BCUT2D eigenvalue weighted by atomic mass is 16.5. The Morgan fingerprint density at radius 2 is 1.71 bits per heavy atom. The SMILES string of the molecule is COCC(=O)N1C[C@H](NC(=O)c2cccc3ccccc23)C(=O)N(CC(=O)N[C@H](C=O)CC(=O)O)c2ccccc21. The van der Waals surface area contributed by atoms with Crippen molar-refractivity contribution in [2.24, 2.45) is 0 Å². The van der Waals surface area contributed by atoms with Gasteiger partial charge in [-0.15, -0.1) is 0 Å². The summed E-state index contributed by atoms with van der Waals surface area (Å²) in [6.45, 7) is -1.15. The number of anilines is 2. The zero-order chi connectivity index (χ0) is 29.5. The molecular formula is C29H28N4O8. The minimum absolute atomic E-state index is 0.208. The Hall–Kier alpha value is -5.10. The number of methoxy groups -OCH3 is 1. The minimum atomic E-state index is -1.31. The van der Waals surface area contributed by atoms with Crippen LogP contribution in [0.2, 0.25) is 0 Å². The minimum Gasteiger partial charge on any atom is -0.481 e. The summed E-state index contributed by atoms with van der Waals surface area (Å²) in [6.07, 6.45) is -0.342. The molecule has 4 amide bonds. The number of hydrogen-bond donors (Lipinski definition) is 3. The lowest BCUT2D eigenvalue weighted by Crippen LogP contribution is -2.55. The molecule has 1 aliphatic rings. The van der Waals surface area contributed by atoms with Crippen LogP contribution in [0.25, 0.3) is 10.8 Å². The van der Waals surface area contributed by atoms with Gasteiger partial charge >= 0.3 is 5.97 Å². The summed E-state index contributed by atoms with van der Waals surface area (Å²) >= 11 is 0. The lowest BCUT2D eigenvalue weighted by atomic mass is 10.0. The van der Waals surface area contributed by atoms with E-state index in [2.05, 4.69) is 10.6 Å². The van der Waals surface area contributed by atoms with Crippen molar-refractivity contribution in [2.75, 3.05) is 36.6 Å². The van der Waals surface area contributed by atoms with Crippen LogP contribution in [0.1, 0.15) is 16.8 Å². The number of rotatable bonds is 10. The van der Waals surface area contributed by atoms with Crippen LogP contribution in [-0.2, 0) is 28.7 Å². The highest BCUT2D eigenvalue weighted by Gasteiger charge is 2.38. The van der Waals surface area contributed by atoms with Crippen molar-refractivity contribution in [2.45, 2.75) is 18.5 Å².